The van der Waals surface area contributed by atoms with Gasteiger partial charge in [0.25, 0.3) is 0 Å². The van der Waals surface area contributed by atoms with Crippen LogP contribution in [0.5, 0.6) is 0 Å². The second-order valence-electron chi connectivity index (χ2n) is 5.90. The lowest BCUT2D eigenvalue weighted by Gasteiger charge is -2.30. The Labute approximate surface area is 131 Å². The van der Waals surface area contributed by atoms with E-state index in [-0.39, 0.29) is 5.91 Å². The lowest BCUT2D eigenvalue weighted by molar-refractivity contribution is -0.129. The number of rotatable bonds is 2. The van der Waals surface area contributed by atoms with Crippen LogP contribution in [0.15, 0.2) is 36.4 Å². The molecular formula is C18H21N3O. The highest BCUT2D eigenvalue weighted by Crippen LogP contribution is 2.27. The largest absolute Gasteiger partial charge is 0.343 e. The molecule has 2 heterocycles. The summed E-state index contributed by atoms with van der Waals surface area (Å²) in [5.41, 5.74) is 3.10. The van der Waals surface area contributed by atoms with E-state index in [4.69, 9.17) is 4.98 Å². The van der Waals surface area contributed by atoms with Crippen molar-refractivity contribution in [1.29, 1.82) is 0 Å². The molecule has 1 aliphatic rings. The van der Waals surface area contributed by atoms with Crippen LogP contribution in [0.2, 0.25) is 0 Å². The summed E-state index contributed by atoms with van der Waals surface area (Å²) in [4.78, 5) is 22.8. The Kier molecular flexibility index (Phi) is 4.18. The third-order valence-corrected chi connectivity index (χ3v) is 4.25. The van der Waals surface area contributed by atoms with Crippen molar-refractivity contribution in [2.75, 3.05) is 13.1 Å². The molecule has 0 spiro atoms. The number of aromatic nitrogens is 2. The van der Waals surface area contributed by atoms with E-state index in [1.807, 2.05) is 36.1 Å². The van der Waals surface area contributed by atoms with Gasteiger partial charge in [-0.05, 0) is 25.8 Å². The van der Waals surface area contributed by atoms with Crippen LogP contribution in [0.3, 0.4) is 0 Å². The molecule has 1 aliphatic heterocycles. The molecule has 4 nitrogen and oxygen atoms in total. The first kappa shape index (κ1) is 14.7. The number of carbonyl (C=O) groups is 1. The van der Waals surface area contributed by atoms with E-state index in [0.29, 0.717) is 5.92 Å². The molecule has 0 saturated carbocycles. The molecule has 4 heteroatoms. The maximum Gasteiger partial charge on any atom is 0.219 e. The molecule has 1 fully saturated rings. The van der Waals surface area contributed by atoms with Crippen molar-refractivity contribution in [3.8, 4) is 11.3 Å². The first-order valence-corrected chi connectivity index (χ1v) is 7.80. The van der Waals surface area contributed by atoms with Gasteiger partial charge in [0.2, 0.25) is 5.91 Å². The van der Waals surface area contributed by atoms with Crippen molar-refractivity contribution >= 4 is 5.91 Å². The molecule has 0 N–H and O–H groups in total. The Hall–Kier alpha value is -2.23. The molecule has 114 valence electrons. The fraction of sp³-hybridized carbons (Fsp3) is 0.389. The lowest BCUT2D eigenvalue weighted by atomic mass is 9.95. The Bertz CT molecular complexity index is 661. The van der Waals surface area contributed by atoms with Crippen LogP contribution in [0.1, 0.15) is 37.2 Å². The van der Waals surface area contributed by atoms with Crippen LogP contribution in [-0.2, 0) is 4.79 Å². The van der Waals surface area contributed by atoms with Gasteiger partial charge >= 0.3 is 0 Å². The average Bonchev–Trinajstić information content (AvgIpc) is 2.55. The highest BCUT2D eigenvalue weighted by molar-refractivity contribution is 5.73. The summed E-state index contributed by atoms with van der Waals surface area (Å²) in [5, 5.41) is 0. The lowest BCUT2D eigenvalue weighted by Crippen LogP contribution is -2.36. The molecule has 1 aromatic carbocycles. The summed E-state index contributed by atoms with van der Waals surface area (Å²) >= 11 is 0. The molecule has 1 amide bonds. The molecule has 1 aromatic heterocycles. The molecular weight excluding hydrogens is 274 g/mol. The number of hydrogen-bond donors (Lipinski definition) is 0. The quantitative estimate of drug-likeness (QED) is 0.855. The number of hydrogen-bond acceptors (Lipinski definition) is 3. The van der Waals surface area contributed by atoms with E-state index >= 15 is 0 Å². The maximum atomic E-state index is 11.4. The topological polar surface area (TPSA) is 46.1 Å². The Balaban J connectivity index is 1.83. The summed E-state index contributed by atoms with van der Waals surface area (Å²) in [7, 11) is 0. The predicted molar refractivity (Wildman–Crippen MR) is 86.4 cm³/mol. The van der Waals surface area contributed by atoms with Crippen LogP contribution in [0, 0.1) is 6.92 Å². The van der Waals surface area contributed by atoms with Crippen molar-refractivity contribution in [1.82, 2.24) is 14.9 Å². The summed E-state index contributed by atoms with van der Waals surface area (Å²) in [6, 6.07) is 12.2. The third-order valence-electron chi connectivity index (χ3n) is 4.25. The van der Waals surface area contributed by atoms with Gasteiger partial charge in [-0.2, -0.15) is 0 Å². The summed E-state index contributed by atoms with van der Waals surface area (Å²) in [6.45, 7) is 5.26. The van der Waals surface area contributed by atoms with Crippen molar-refractivity contribution in [3.05, 3.63) is 47.9 Å². The first-order chi connectivity index (χ1) is 10.6. The van der Waals surface area contributed by atoms with Crippen LogP contribution >= 0.6 is 0 Å². The van der Waals surface area contributed by atoms with Gasteiger partial charge in [-0.3, -0.25) is 4.79 Å². The summed E-state index contributed by atoms with van der Waals surface area (Å²) < 4.78 is 0. The minimum atomic E-state index is 0.161. The molecule has 1 saturated heterocycles. The molecule has 22 heavy (non-hydrogen) atoms. The Morgan fingerprint density at radius 1 is 1.14 bits per heavy atom. The van der Waals surface area contributed by atoms with E-state index in [2.05, 4.69) is 17.1 Å². The minimum absolute atomic E-state index is 0.161. The fourth-order valence-corrected chi connectivity index (χ4v) is 2.98. The number of carbonyl (C=O) groups excluding carboxylic acids is 1. The maximum absolute atomic E-state index is 11.4. The molecule has 0 radical (unpaired) electrons. The summed E-state index contributed by atoms with van der Waals surface area (Å²) in [5.74, 6) is 1.42. The smallest absolute Gasteiger partial charge is 0.219 e. The standard InChI is InChI=1S/C18H21N3O/c1-13-12-17(15-6-4-3-5-7-15)20-18(19-13)16-8-10-21(11-9-16)14(2)22/h3-7,12,16H,8-11H2,1-2H3. The Morgan fingerprint density at radius 2 is 1.82 bits per heavy atom. The first-order valence-electron chi connectivity index (χ1n) is 7.80. The van der Waals surface area contributed by atoms with Gasteiger partial charge in [0.05, 0.1) is 5.69 Å². The summed E-state index contributed by atoms with van der Waals surface area (Å²) in [6.07, 6.45) is 1.88. The van der Waals surface area contributed by atoms with Gasteiger partial charge < -0.3 is 4.90 Å². The van der Waals surface area contributed by atoms with E-state index in [0.717, 1.165) is 48.7 Å². The van der Waals surface area contributed by atoms with E-state index in [1.54, 1.807) is 6.92 Å². The van der Waals surface area contributed by atoms with E-state index < -0.39 is 0 Å². The monoisotopic (exact) mass is 295 g/mol. The van der Waals surface area contributed by atoms with Crippen LogP contribution in [0.25, 0.3) is 11.3 Å². The second kappa shape index (κ2) is 6.26. The van der Waals surface area contributed by atoms with E-state index in [1.165, 1.54) is 0 Å². The predicted octanol–water partition coefficient (Wildman–Crippen LogP) is 3.18. The van der Waals surface area contributed by atoms with Crippen molar-refractivity contribution in [2.45, 2.75) is 32.6 Å². The van der Waals surface area contributed by atoms with Crippen molar-refractivity contribution < 1.29 is 4.79 Å². The fourth-order valence-electron chi connectivity index (χ4n) is 2.98. The number of benzene rings is 1. The van der Waals surface area contributed by atoms with Gasteiger partial charge in [-0.25, -0.2) is 9.97 Å². The minimum Gasteiger partial charge on any atom is -0.343 e. The third kappa shape index (κ3) is 3.16. The second-order valence-corrected chi connectivity index (χ2v) is 5.90. The number of piperidine rings is 1. The van der Waals surface area contributed by atoms with Crippen LogP contribution in [0.4, 0.5) is 0 Å². The van der Waals surface area contributed by atoms with E-state index in [9.17, 15) is 4.79 Å². The van der Waals surface area contributed by atoms with Gasteiger partial charge in [0.15, 0.2) is 0 Å². The number of likely N-dealkylation sites (tertiary alicyclic amines) is 1. The number of aryl methyl sites for hydroxylation is 1. The van der Waals surface area contributed by atoms with Gasteiger partial charge in [0, 0.05) is 37.2 Å². The number of nitrogens with zero attached hydrogens (tertiary/aromatic N) is 3. The van der Waals surface area contributed by atoms with Gasteiger partial charge in [0.1, 0.15) is 5.82 Å². The molecule has 2 aromatic rings. The molecule has 0 aliphatic carbocycles. The Morgan fingerprint density at radius 3 is 2.45 bits per heavy atom. The zero-order chi connectivity index (χ0) is 15.5. The van der Waals surface area contributed by atoms with Crippen molar-refractivity contribution in [3.63, 3.8) is 0 Å². The highest BCUT2D eigenvalue weighted by atomic mass is 16.2. The highest BCUT2D eigenvalue weighted by Gasteiger charge is 2.24. The molecule has 3 rings (SSSR count). The SMILES string of the molecule is CC(=O)N1CCC(c2nc(C)cc(-c3ccccc3)n2)CC1. The van der Waals surface area contributed by atoms with Gasteiger partial charge in [-0.1, -0.05) is 30.3 Å². The number of amides is 1. The van der Waals surface area contributed by atoms with Crippen LogP contribution in [-0.4, -0.2) is 33.9 Å². The van der Waals surface area contributed by atoms with Crippen LogP contribution < -0.4 is 0 Å². The normalized spacial score (nSPS) is 15.8. The zero-order valence-electron chi connectivity index (χ0n) is 13.1. The average molecular weight is 295 g/mol. The zero-order valence-corrected chi connectivity index (χ0v) is 13.1. The molecule has 0 unspecified atom stereocenters. The molecule has 0 bridgehead atoms. The van der Waals surface area contributed by atoms with Crippen molar-refractivity contribution in [2.24, 2.45) is 0 Å². The van der Waals surface area contributed by atoms with Gasteiger partial charge in [-0.15, -0.1) is 0 Å². The molecule has 0 atom stereocenters.